The SMILES string of the molecule is COc1ccc(-c2oc3ccccc3c(=O)c2C#N)cc1OC. The predicted octanol–water partition coefficient (Wildman–Crippen LogP) is 3.35. The molecule has 1 aromatic heterocycles. The van der Waals surface area contributed by atoms with Crippen LogP contribution in [0.4, 0.5) is 0 Å². The first-order valence-corrected chi connectivity index (χ1v) is 6.88. The maximum atomic E-state index is 12.5. The summed E-state index contributed by atoms with van der Waals surface area (Å²) in [7, 11) is 3.05. The van der Waals surface area contributed by atoms with Crippen LogP contribution in [0.25, 0.3) is 22.3 Å². The normalized spacial score (nSPS) is 10.3. The van der Waals surface area contributed by atoms with Gasteiger partial charge in [0.05, 0.1) is 19.6 Å². The Kier molecular flexibility index (Phi) is 3.73. The van der Waals surface area contributed by atoms with Crippen LogP contribution < -0.4 is 14.9 Å². The van der Waals surface area contributed by atoms with E-state index in [1.807, 2.05) is 6.07 Å². The molecule has 0 saturated heterocycles. The van der Waals surface area contributed by atoms with Crippen LogP contribution in [0.5, 0.6) is 11.5 Å². The molecule has 1 heterocycles. The summed E-state index contributed by atoms with van der Waals surface area (Å²) in [5.41, 5.74) is 0.624. The minimum absolute atomic E-state index is 0.0316. The quantitative estimate of drug-likeness (QED) is 0.742. The van der Waals surface area contributed by atoms with Crippen LogP contribution in [-0.2, 0) is 0 Å². The van der Waals surface area contributed by atoms with Crippen molar-refractivity contribution in [3.05, 3.63) is 58.3 Å². The fourth-order valence-corrected chi connectivity index (χ4v) is 2.42. The van der Waals surface area contributed by atoms with Crippen LogP contribution in [0.2, 0.25) is 0 Å². The van der Waals surface area contributed by atoms with Crippen molar-refractivity contribution in [2.24, 2.45) is 0 Å². The van der Waals surface area contributed by atoms with E-state index in [-0.39, 0.29) is 16.8 Å². The van der Waals surface area contributed by atoms with Gasteiger partial charge in [0, 0.05) is 5.56 Å². The Hall–Kier alpha value is -3.26. The summed E-state index contributed by atoms with van der Waals surface area (Å²) in [6.07, 6.45) is 0. The van der Waals surface area contributed by atoms with Crippen molar-refractivity contribution in [1.82, 2.24) is 0 Å². The molecule has 0 N–H and O–H groups in total. The lowest BCUT2D eigenvalue weighted by atomic mass is 10.0. The van der Waals surface area contributed by atoms with E-state index >= 15 is 0 Å². The van der Waals surface area contributed by atoms with E-state index in [0.717, 1.165) is 0 Å². The molecule has 0 atom stereocenters. The number of hydrogen-bond donors (Lipinski definition) is 0. The van der Waals surface area contributed by atoms with E-state index in [0.29, 0.717) is 28.0 Å². The van der Waals surface area contributed by atoms with Crippen LogP contribution in [-0.4, -0.2) is 14.2 Å². The molecule has 0 radical (unpaired) electrons. The van der Waals surface area contributed by atoms with Crippen LogP contribution in [0, 0.1) is 11.3 Å². The maximum absolute atomic E-state index is 12.5. The van der Waals surface area contributed by atoms with Gasteiger partial charge in [-0.05, 0) is 30.3 Å². The number of nitrogens with zero attached hydrogens (tertiary/aromatic N) is 1. The number of rotatable bonds is 3. The monoisotopic (exact) mass is 307 g/mol. The maximum Gasteiger partial charge on any atom is 0.211 e. The molecule has 5 heteroatoms. The van der Waals surface area contributed by atoms with Crippen LogP contribution >= 0.6 is 0 Å². The first-order valence-electron chi connectivity index (χ1n) is 6.88. The first-order chi connectivity index (χ1) is 11.2. The Balaban J connectivity index is 2.32. The van der Waals surface area contributed by atoms with Crippen LogP contribution in [0.15, 0.2) is 51.7 Å². The minimum atomic E-state index is -0.348. The second-order valence-electron chi connectivity index (χ2n) is 4.81. The zero-order chi connectivity index (χ0) is 16.4. The molecule has 114 valence electrons. The van der Waals surface area contributed by atoms with E-state index in [2.05, 4.69) is 0 Å². The van der Waals surface area contributed by atoms with Crippen molar-refractivity contribution < 1.29 is 13.9 Å². The number of nitriles is 1. The molecule has 0 fully saturated rings. The highest BCUT2D eigenvalue weighted by Gasteiger charge is 2.17. The van der Waals surface area contributed by atoms with Gasteiger partial charge >= 0.3 is 0 Å². The van der Waals surface area contributed by atoms with Gasteiger partial charge in [0.15, 0.2) is 17.3 Å². The van der Waals surface area contributed by atoms with Gasteiger partial charge in [-0.2, -0.15) is 5.26 Å². The Labute approximate surface area is 132 Å². The fraction of sp³-hybridized carbons (Fsp3) is 0.111. The third kappa shape index (κ3) is 2.40. The average molecular weight is 307 g/mol. The highest BCUT2D eigenvalue weighted by Crippen LogP contribution is 2.34. The van der Waals surface area contributed by atoms with E-state index in [1.165, 1.54) is 14.2 Å². The molecule has 0 spiro atoms. The summed E-state index contributed by atoms with van der Waals surface area (Å²) in [6, 6.07) is 13.9. The fourth-order valence-electron chi connectivity index (χ4n) is 2.42. The minimum Gasteiger partial charge on any atom is -0.493 e. The molecule has 0 aliphatic heterocycles. The lowest BCUT2D eigenvalue weighted by molar-refractivity contribution is 0.355. The zero-order valence-electron chi connectivity index (χ0n) is 12.6. The van der Waals surface area contributed by atoms with Crippen molar-refractivity contribution >= 4 is 11.0 Å². The summed E-state index contributed by atoms with van der Waals surface area (Å²) < 4.78 is 16.3. The first kappa shape index (κ1) is 14.7. The van der Waals surface area contributed by atoms with Crippen molar-refractivity contribution in [2.45, 2.75) is 0 Å². The molecular formula is C18H13NO4. The second kappa shape index (κ2) is 5.85. The van der Waals surface area contributed by atoms with Gasteiger partial charge in [0.25, 0.3) is 0 Å². The number of fused-ring (bicyclic) bond motifs is 1. The Bertz CT molecular complexity index is 982. The van der Waals surface area contributed by atoms with Gasteiger partial charge in [-0.3, -0.25) is 4.79 Å². The van der Waals surface area contributed by atoms with Crippen molar-refractivity contribution in [3.8, 4) is 28.9 Å². The molecule has 0 bridgehead atoms. The molecule has 5 nitrogen and oxygen atoms in total. The highest BCUT2D eigenvalue weighted by molar-refractivity contribution is 5.82. The number of benzene rings is 2. The topological polar surface area (TPSA) is 72.5 Å². The summed E-state index contributed by atoms with van der Waals surface area (Å²) in [6.45, 7) is 0. The number of para-hydroxylation sites is 1. The molecule has 3 rings (SSSR count). The Morgan fingerprint density at radius 1 is 1.04 bits per heavy atom. The number of hydrogen-bond acceptors (Lipinski definition) is 5. The number of ether oxygens (including phenoxy) is 2. The lowest BCUT2D eigenvalue weighted by Gasteiger charge is -2.10. The predicted molar refractivity (Wildman–Crippen MR) is 85.7 cm³/mol. The van der Waals surface area contributed by atoms with E-state index in [9.17, 15) is 10.1 Å². The third-order valence-corrected chi connectivity index (χ3v) is 3.56. The Morgan fingerprint density at radius 2 is 1.78 bits per heavy atom. The molecule has 0 saturated carbocycles. The third-order valence-electron chi connectivity index (χ3n) is 3.56. The van der Waals surface area contributed by atoms with E-state index in [4.69, 9.17) is 13.9 Å². The summed E-state index contributed by atoms with van der Waals surface area (Å²) in [4.78, 5) is 12.5. The molecule has 3 aromatic rings. The van der Waals surface area contributed by atoms with Gasteiger partial charge in [0.1, 0.15) is 17.2 Å². The molecule has 0 aliphatic rings. The zero-order valence-corrected chi connectivity index (χ0v) is 12.6. The van der Waals surface area contributed by atoms with E-state index in [1.54, 1.807) is 42.5 Å². The van der Waals surface area contributed by atoms with E-state index < -0.39 is 0 Å². The largest absolute Gasteiger partial charge is 0.493 e. The molecule has 23 heavy (non-hydrogen) atoms. The smallest absolute Gasteiger partial charge is 0.211 e. The standard InChI is InChI=1S/C18H13NO4/c1-21-15-8-7-11(9-16(15)22-2)18-13(10-19)17(20)12-5-3-4-6-14(12)23-18/h3-9H,1-2H3. The van der Waals surface area contributed by atoms with Crippen molar-refractivity contribution in [1.29, 1.82) is 5.26 Å². The van der Waals surface area contributed by atoms with Gasteiger partial charge in [-0.1, -0.05) is 12.1 Å². The molecule has 0 unspecified atom stereocenters. The summed E-state index contributed by atoms with van der Waals surface area (Å²) in [5, 5.41) is 9.76. The van der Waals surface area contributed by atoms with Gasteiger partial charge in [-0.25, -0.2) is 0 Å². The highest BCUT2D eigenvalue weighted by atomic mass is 16.5. The summed E-state index contributed by atoms with van der Waals surface area (Å²) >= 11 is 0. The van der Waals surface area contributed by atoms with Crippen molar-refractivity contribution in [3.63, 3.8) is 0 Å². The summed E-state index contributed by atoms with van der Waals surface area (Å²) in [5.74, 6) is 1.26. The Morgan fingerprint density at radius 3 is 2.48 bits per heavy atom. The van der Waals surface area contributed by atoms with Crippen LogP contribution in [0.3, 0.4) is 0 Å². The molecule has 0 aliphatic carbocycles. The molecular weight excluding hydrogens is 294 g/mol. The molecule has 0 amide bonds. The van der Waals surface area contributed by atoms with Crippen LogP contribution in [0.1, 0.15) is 5.56 Å². The molecule has 2 aromatic carbocycles. The number of methoxy groups -OCH3 is 2. The van der Waals surface area contributed by atoms with Gasteiger partial charge < -0.3 is 13.9 Å². The van der Waals surface area contributed by atoms with Crippen molar-refractivity contribution in [2.75, 3.05) is 14.2 Å². The second-order valence-corrected chi connectivity index (χ2v) is 4.81. The lowest BCUT2D eigenvalue weighted by Crippen LogP contribution is -2.08. The average Bonchev–Trinajstić information content (AvgIpc) is 2.61. The van der Waals surface area contributed by atoms with Gasteiger partial charge in [-0.15, -0.1) is 0 Å². The van der Waals surface area contributed by atoms with Gasteiger partial charge in [0.2, 0.25) is 5.43 Å².